The first-order valence-corrected chi connectivity index (χ1v) is 10.1. The van der Waals surface area contributed by atoms with Gasteiger partial charge in [-0.3, -0.25) is 9.36 Å². The van der Waals surface area contributed by atoms with Crippen molar-refractivity contribution in [3.8, 4) is 0 Å². The molecule has 0 spiro atoms. The van der Waals surface area contributed by atoms with Crippen LogP contribution in [0.2, 0.25) is 0 Å². The zero-order valence-corrected chi connectivity index (χ0v) is 16.2. The first kappa shape index (κ1) is 19.1. The van der Waals surface area contributed by atoms with Crippen LogP contribution in [0.1, 0.15) is 63.6 Å². The molecule has 26 heavy (non-hydrogen) atoms. The Labute approximate surface area is 155 Å². The van der Waals surface area contributed by atoms with Gasteiger partial charge in [-0.2, -0.15) is 5.10 Å². The Bertz CT molecular complexity index is 652. The zero-order valence-electron chi connectivity index (χ0n) is 16.2. The average Bonchev–Trinajstić information content (AvgIpc) is 3.02. The SMILES string of the molecule is CCn1c(C2CCN(C(=O)C3CCCCC3)CC2)nn(CCOC)c1=O. The monoisotopic (exact) mass is 364 g/mol. The van der Waals surface area contributed by atoms with Crippen molar-refractivity contribution >= 4 is 5.91 Å². The number of likely N-dealkylation sites (tertiary alicyclic amines) is 1. The van der Waals surface area contributed by atoms with Crippen LogP contribution in [0.4, 0.5) is 0 Å². The molecule has 2 fully saturated rings. The number of methoxy groups -OCH3 is 1. The highest BCUT2D eigenvalue weighted by atomic mass is 16.5. The van der Waals surface area contributed by atoms with Gasteiger partial charge < -0.3 is 9.64 Å². The second-order valence-electron chi connectivity index (χ2n) is 7.54. The Hall–Kier alpha value is -1.63. The van der Waals surface area contributed by atoms with Gasteiger partial charge in [0.05, 0.1) is 13.2 Å². The van der Waals surface area contributed by atoms with Gasteiger partial charge in [0, 0.05) is 38.6 Å². The van der Waals surface area contributed by atoms with Gasteiger partial charge >= 0.3 is 5.69 Å². The van der Waals surface area contributed by atoms with Crippen LogP contribution in [-0.4, -0.2) is 52.0 Å². The van der Waals surface area contributed by atoms with Crippen molar-refractivity contribution in [2.24, 2.45) is 5.92 Å². The Kier molecular flexibility index (Phi) is 6.51. The number of aromatic nitrogens is 3. The first-order chi connectivity index (χ1) is 12.7. The molecule has 1 aliphatic carbocycles. The van der Waals surface area contributed by atoms with Crippen molar-refractivity contribution in [1.29, 1.82) is 0 Å². The van der Waals surface area contributed by atoms with Crippen molar-refractivity contribution in [2.45, 2.75) is 70.9 Å². The van der Waals surface area contributed by atoms with Crippen LogP contribution in [0.15, 0.2) is 4.79 Å². The van der Waals surface area contributed by atoms with Gasteiger partial charge in [0.25, 0.3) is 0 Å². The average molecular weight is 364 g/mol. The fourth-order valence-electron chi connectivity index (χ4n) is 4.35. The number of hydrogen-bond acceptors (Lipinski definition) is 4. The summed E-state index contributed by atoms with van der Waals surface area (Å²) in [5.74, 6) is 1.71. The number of piperidine rings is 1. The fourth-order valence-corrected chi connectivity index (χ4v) is 4.35. The third-order valence-corrected chi connectivity index (χ3v) is 5.90. The summed E-state index contributed by atoms with van der Waals surface area (Å²) in [4.78, 5) is 27.3. The number of carbonyl (C=O) groups excluding carboxylic acids is 1. The molecule has 0 unspecified atom stereocenters. The molecule has 1 amide bonds. The van der Waals surface area contributed by atoms with Gasteiger partial charge in [-0.15, -0.1) is 0 Å². The number of amides is 1. The Morgan fingerprint density at radius 1 is 1.15 bits per heavy atom. The number of ether oxygens (including phenoxy) is 1. The molecule has 1 saturated heterocycles. The predicted octanol–water partition coefficient (Wildman–Crippen LogP) is 2.00. The van der Waals surface area contributed by atoms with Gasteiger partial charge in [-0.25, -0.2) is 9.48 Å². The molecule has 146 valence electrons. The van der Waals surface area contributed by atoms with E-state index in [1.807, 2.05) is 11.8 Å². The lowest BCUT2D eigenvalue weighted by atomic mass is 9.87. The van der Waals surface area contributed by atoms with Crippen molar-refractivity contribution in [1.82, 2.24) is 19.2 Å². The van der Waals surface area contributed by atoms with Crippen LogP contribution in [0.5, 0.6) is 0 Å². The minimum Gasteiger partial charge on any atom is -0.383 e. The van der Waals surface area contributed by atoms with Crippen LogP contribution < -0.4 is 5.69 Å². The third-order valence-electron chi connectivity index (χ3n) is 5.90. The number of hydrogen-bond donors (Lipinski definition) is 0. The van der Waals surface area contributed by atoms with E-state index >= 15 is 0 Å². The Morgan fingerprint density at radius 3 is 2.46 bits per heavy atom. The lowest BCUT2D eigenvalue weighted by Gasteiger charge is -2.34. The molecule has 1 aromatic rings. The molecule has 1 aliphatic heterocycles. The summed E-state index contributed by atoms with van der Waals surface area (Å²) in [6.45, 7) is 5.13. The van der Waals surface area contributed by atoms with Crippen molar-refractivity contribution in [3.05, 3.63) is 16.3 Å². The quantitative estimate of drug-likeness (QED) is 0.774. The molecule has 0 atom stereocenters. The van der Waals surface area contributed by atoms with Crippen molar-refractivity contribution in [2.75, 3.05) is 26.8 Å². The molecular weight excluding hydrogens is 332 g/mol. The summed E-state index contributed by atoms with van der Waals surface area (Å²) in [5.41, 5.74) is -0.0553. The van der Waals surface area contributed by atoms with E-state index in [4.69, 9.17) is 4.74 Å². The highest BCUT2D eigenvalue weighted by molar-refractivity contribution is 5.79. The van der Waals surface area contributed by atoms with E-state index in [0.29, 0.717) is 25.6 Å². The zero-order chi connectivity index (χ0) is 18.5. The molecule has 1 aromatic heterocycles. The van der Waals surface area contributed by atoms with Crippen molar-refractivity contribution < 1.29 is 9.53 Å². The molecule has 3 rings (SSSR count). The van der Waals surface area contributed by atoms with Gasteiger partial charge in [0.15, 0.2) is 0 Å². The normalized spacial score (nSPS) is 19.8. The predicted molar refractivity (Wildman–Crippen MR) is 99.2 cm³/mol. The van der Waals surface area contributed by atoms with Gasteiger partial charge in [-0.05, 0) is 32.6 Å². The smallest absolute Gasteiger partial charge is 0.345 e. The summed E-state index contributed by atoms with van der Waals surface area (Å²) in [6, 6.07) is 0. The number of carbonyl (C=O) groups is 1. The van der Waals surface area contributed by atoms with Crippen molar-refractivity contribution in [3.63, 3.8) is 0 Å². The minimum absolute atomic E-state index is 0.0553. The minimum atomic E-state index is -0.0553. The van der Waals surface area contributed by atoms with E-state index in [9.17, 15) is 9.59 Å². The van der Waals surface area contributed by atoms with E-state index in [1.165, 1.54) is 23.9 Å². The number of rotatable bonds is 6. The van der Waals surface area contributed by atoms with Gasteiger partial charge in [-0.1, -0.05) is 19.3 Å². The molecule has 0 N–H and O–H groups in total. The molecule has 7 heteroatoms. The Morgan fingerprint density at radius 2 is 1.85 bits per heavy atom. The van der Waals surface area contributed by atoms with Gasteiger partial charge in [0.1, 0.15) is 5.82 Å². The second kappa shape index (κ2) is 8.84. The molecule has 7 nitrogen and oxygen atoms in total. The molecule has 2 aliphatic rings. The van der Waals surface area contributed by atoms with Gasteiger partial charge in [0.2, 0.25) is 5.91 Å². The summed E-state index contributed by atoms with van der Waals surface area (Å²) in [6.07, 6.45) is 7.53. The van der Waals surface area contributed by atoms with E-state index in [0.717, 1.165) is 44.6 Å². The summed E-state index contributed by atoms with van der Waals surface area (Å²) in [7, 11) is 1.63. The molecular formula is C19H32N4O3. The highest BCUT2D eigenvalue weighted by Gasteiger charge is 2.31. The van der Waals surface area contributed by atoms with Crippen LogP contribution in [0, 0.1) is 5.92 Å². The third kappa shape index (κ3) is 4.03. The lowest BCUT2D eigenvalue weighted by molar-refractivity contribution is -0.137. The van der Waals surface area contributed by atoms with Crippen LogP contribution in [0.25, 0.3) is 0 Å². The maximum Gasteiger partial charge on any atom is 0.345 e. The molecule has 0 aromatic carbocycles. The van der Waals surface area contributed by atoms with E-state index in [2.05, 4.69) is 5.10 Å². The van der Waals surface area contributed by atoms with E-state index in [1.54, 1.807) is 11.7 Å². The van der Waals surface area contributed by atoms with E-state index < -0.39 is 0 Å². The molecule has 2 heterocycles. The first-order valence-electron chi connectivity index (χ1n) is 10.1. The van der Waals surface area contributed by atoms with Crippen LogP contribution in [-0.2, 0) is 22.6 Å². The molecule has 0 bridgehead atoms. The van der Waals surface area contributed by atoms with E-state index in [-0.39, 0.29) is 17.5 Å². The summed E-state index contributed by atoms with van der Waals surface area (Å²) >= 11 is 0. The standard InChI is InChI=1S/C19H32N4O3/c1-3-22-17(20-23(19(22)25)13-14-26-2)15-9-11-21(12-10-15)18(24)16-7-5-4-6-8-16/h15-16H,3-14H2,1-2H3. The lowest BCUT2D eigenvalue weighted by Crippen LogP contribution is -2.42. The molecule has 0 radical (unpaired) electrons. The summed E-state index contributed by atoms with van der Waals surface area (Å²) < 4.78 is 8.37. The number of nitrogens with zero attached hydrogens (tertiary/aromatic N) is 4. The highest BCUT2D eigenvalue weighted by Crippen LogP contribution is 2.30. The maximum atomic E-state index is 12.7. The largest absolute Gasteiger partial charge is 0.383 e. The Balaban J connectivity index is 1.64. The fraction of sp³-hybridized carbons (Fsp3) is 0.842. The topological polar surface area (TPSA) is 69.4 Å². The van der Waals surface area contributed by atoms with Crippen LogP contribution >= 0.6 is 0 Å². The molecule has 1 saturated carbocycles. The van der Waals surface area contributed by atoms with Crippen LogP contribution in [0.3, 0.4) is 0 Å². The maximum absolute atomic E-state index is 12.7. The summed E-state index contributed by atoms with van der Waals surface area (Å²) in [5, 5.41) is 4.59. The second-order valence-corrected chi connectivity index (χ2v) is 7.54.